The lowest BCUT2D eigenvalue weighted by Gasteiger charge is -2.14. The normalized spacial score (nSPS) is 10.1. The number of esters is 1. The molecule has 0 aromatic heterocycles. The number of benzene rings is 2. The molecular formula is C20H22N2O8. The molecule has 10 heteroatoms. The number of carbonyl (C=O) groups excluding carboxylic acids is 2. The highest BCUT2D eigenvalue weighted by atomic mass is 16.6. The summed E-state index contributed by atoms with van der Waals surface area (Å²) < 4.78 is 20.7. The molecule has 1 N–H and O–H groups in total. The van der Waals surface area contributed by atoms with Crippen LogP contribution in [0.5, 0.6) is 17.2 Å². The zero-order valence-electron chi connectivity index (χ0n) is 16.8. The van der Waals surface area contributed by atoms with Crippen LogP contribution in [0.15, 0.2) is 36.4 Å². The number of hydrogen-bond donors (Lipinski definition) is 1. The summed E-state index contributed by atoms with van der Waals surface area (Å²) in [4.78, 5) is 34.1. The van der Waals surface area contributed by atoms with Gasteiger partial charge in [0, 0.05) is 24.2 Å². The van der Waals surface area contributed by atoms with E-state index in [9.17, 15) is 19.7 Å². The second-order valence-corrected chi connectivity index (χ2v) is 6.05. The van der Waals surface area contributed by atoms with Crippen molar-refractivity contribution in [3.05, 3.63) is 52.1 Å². The molecule has 0 aliphatic rings. The Hall–Kier alpha value is -3.82. The molecule has 0 saturated heterocycles. The summed E-state index contributed by atoms with van der Waals surface area (Å²) in [6.07, 6.45) is 0.366. The Balaban J connectivity index is 1.87. The van der Waals surface area contributed by atoms with E-state index in [0.29, 0.717) is 23.7 Å². The van der Waals surface area contributed by atoms with E-state index < -0.39 is 23.4 Å². The average Bonchev–Trinajstić information content (AvgIpc) is 2.75. The van der Waals surface area contributed by atoms with Gasteiger partial charge in [-0.15, -0.1) is 0 Å². The number of methoxy groups -OCH3 is 3. The minimum atomic E-state index is -0.600. The van der Waals surface area contributed by atoms with Crippen molar-refractivity contribution in [2.75, 3.05) is 33.3 Å². The Bertz CT molecular complexity index is 904. The lowest BCUT2D eigenvalue weighted by atomic mass is 10.1. The number of non-ortho nitro benzene ring substituents is 1. The minimum Gasteiger partial charge on any atom is -0.493 e. The fourth-order valence-corrected chi connectivity index (χ4v) is 2.64. The number of anilines is 1. The molecule has 30 heavy (non-hydrogen) atoms. The Morgan fingerprint density at radius 1 is 1.03 bits per heavy atom. The standard InChI is InChI=1S/C20H22N2O8/c1-27-16-9-13(10-17(28-2)20(16)29-3)7-8-19(24)30-12-18(23)21-14-5-4-6-15(11-14)22(25)26/h4-6,9-11H,7-8,12H2,1-3H3,(H,21,23). The van der Waals surface area contributed by atoms with Crippen molar-refractivity contribution >= 4 is 23.3 Å². The lowest BCUT2D eigenvalue weighted by Crippen LogP contribution is -2.21. The number of rotatable bonds is 10. The maximum atomic E-state index is 12.0. The van der Waals surface area contributed by atoms with E-state index in [2.05, 4.69) is 5.32 Å². The number of carbonyl (C=O) groups is 2. The van der Waals surface area contributed by atoms with Crippen LogP contribution in [0.25, 0.3) is 0 Å². The number of nitrogens with zero attached hydrogens (tertiary/aromatic N) is 1. The monoisotopic (exact) mass is 418 g/mol. The van der Waals surface area contributed by atoms with Crippen molar-refractivity contribution in [3.8, 4) is 17.2 Å². The van der Waals surface area contributed by atoms with Crippen LogP contribution >= 0.6 is 0 Å². The van der Waals surface area contributed by atoms with Gasteiger partial charge in [-0.3, -0.25) is 19.7 Å². The Labute approximate surface area is 172 Å². The molecule has 0 aliphatic heterocycles. The van der Waals surface area contributed by atoms with E-state index in [1.165, 1.54) is 45.6 Å². The Morgan fingerprint density at radius 2 is 1.70 bits per heavy atom. The van der Waals surface area contributed by atoms with Gasteiger partial charge < -0.3 is 24.3 Å². The number of aryl methyl sites for hydroxylation is 1. The maximum absolute atomic E-state index is 12.0. The van der Waals surface area contributed by atoms with E-state index in [-0.39, 0.29) is 17.8 Å². The van der Waals surface area contributed by atoms with Gasteiger partial charge in [0.25, 0.3) is 11.6 Å². The van der Waals surface area contributed by atoms with Gasteiger partial charge in [-0.05, 0) is 30.2 Å². The van der Waals surface area contributed by atoms with Gasteiger partial charge in [-0.2, -0.15) is 0 Å². The first-order valence-corrected chi connectivity index (χ1v) is 8.86. The van der Waals surface area contributed by atoms with Crippen molar-refractivity contribution in [1.82, 2.24) is 0 Å². The highest BCUT2D eigenvalue weighted by Crippen LogP contribution is 2.38. The van der Waals surface area contributed by atoms with Crippen LogP contribution in [0.1, 0.15) is 12.0 Å². The van der Waals surface area contributed by atoms with Crippen LogP contribution in [-0.2, 0) is 20.7 Å². The predicted octanol–water partition coefficient (Wildman–Crippen LogP) is 2.74. The second-order valence-electron chi connectivity index (χ2n) is 6.05. The van der Waals surface area contributed by atoms with Gasteiger partial charge in [0.05, 0.1) is 26.3 Å². The second kappa shape index (κ2) is 10.6. The number of hydrogen-bond acceptors (Lipinski definition) is 8. The Morgan fingerprint density at radius 3 is 2.27 bits per heavy atom. The third-order valence-electron chi connectivity index (χ3n) is 4.05. The number of nitro benzene ring substituents is 1. The van der Waals surface area contributed by atoms with Crippen molar-refractivity contribution in [3.63, 3.8) is 0 Å². The fraction of sp³-hybridized carbons (Fsp3) is 0.300. The molecule has 0 spiro atoms. The van der Waals surface area contributed by atoms with E-state index in [4.69, 9.17) is 18.9 Å². The smallest absolute Gasteiger partial charge is 0.306 e. The summed E-state index contributed by atoms with van der Waals surface area (Å²) in [6, 6.07) is 8.91. The van der Waals surface area contributed by atoms with Gasteiger partial charge in [-0.25, -0.2) is 0 Å². The number of nitro groups is 1. The van der Waals surface area contributed by atoms with Crippen molar-refractivity contribution in [1.29, 1.82) is 0 Å². The molecule has 0 heterocycles. The van der Waals surface area contributed by atoms with E-state index in [0.717, 1.165) is 5.56 Å². The van der Waals surface area contributed by atoms with Crippen molar-refractivity contribution < 1.29 is 33.5 Å². The minimum absolute atomic E-state index is 0.0305. The Kier molecular flexibility index (Phi) is 7.98. The molecule has 0 saturated carbocycles. The summed E-state index contributed by atoms with van der Waals surface area (Å²) in [5.74, 6) is 0.215. The molecule has 0 fully saturated rings. The summed E-state index contributed by atoms with van der Waals surface area (Å²) in [5.41, 5.74) is 0.848. The van der Waals surface area contributed by atoms with Crippen LogP contribution < -0.4 is 19.5 Å². The zero-order valence-corrected chi connectivity index (χ0v) is 16.8. The summed E-state index contributed by atoms with van der Waals surface area (Å²) in [5, 5.41) is 13.2. The molecule has 2 aromatic carbocycles. The van der Waals surface area contributed by atoms with Crippen molar-refractivity contribution in [2.24, 2.45) is 0 Å². The molecular weight excluding hydrogens is 396 g/mol. The van der Waals surface area contributed by atoms with E-state index in [1.807, 2.05) is 0 Å². The number of amides is 1. The zero-order chi connectivity index (χ0) is 22.1. The molecule has 0 aliphatic carbocycles. The summed E-state index contributed by atoms with van der Waals surface area (Å²) in [6.45, 7) is -0.503. The fourth-order valence-electron chi connectivity index (χ4n) is 2.64. The predicted molar refractivity (Wildman–Crippen MR) is 107 cm³/mol. The third-order valence-corrected chi connectivity index (χ3v) is 4.05. The van der Waals surface area contributed by atoms with Crippen LogP contribution in [0.2, 0.25) is 0 Å². The quantitative estimate of drug-likeness (QED) is 0.355. The summed E-state index contributed by atoms with van der Waals surface area (Å²) in [7, 11) is 4.49. The topological polar surface area (TPSA) is 126 Å². The van der Waals surface area contributed by atoms with Crippen molar-refractivity contribution in [2.45, 2.75) is 12.8 Å². The molecule has 0 radical (unpaired) electrons. The maximum Gasteiger partial charge on any atom is 0.306 e. The highest BCUT2D eigenvalue weighted by Gasteiger charge is 2.15. The molecule has 10 nitrogen and oxygen atoms in total. The average molecular weight is 418 g/mol. The SMILES string of the molecule is COc1cc(CCC(=O)OCC(=O)Nc2cccc([N+](=O)[O-])c2)cc(OC)c1OC. The highest BCUT2D eigenvalue weighted by molar-refractivity contribution is 5.93. The van der Waals surface area contributed by atoms with Gasteiger partial charge in [0.2, 0.25) is 5.75 Å². The van der Waals surface area contributed by atoms with Gasteiger partial charge >= 0.3 is 5.97 Å². The third kappa shape index (κ3) is 6.09. The number of nitrogens with one attached hydrogen (secondary N) is 1. The first kappa shape index (κ1) is 22.5. The molecule has 2 aromatic rings. The van der Waals surface area contributed by atoms with Crippen LogP contribution in [0.4, 0.5) is 11.4 Å². The van der Waals surface area contributed by atoms with E-state index in [1.54, 1.807) is 12.1 Å². The first-order chi connectivity index (χ1) is 14.4. The van der Waals surface area contributed by atoms with E-state index >= 15 is 0 Å². The van der Waals surface area contributed by atoms with Crippen LogP contribution in [0.3, 0.4) is 0 Å². The molecule has 2 rings (SSSR count). The molecule has 160 valence electrons. The molecule has 0 bridgehead atoms. The largest absolute Gasteiger partial charge is 0.493 e. The van der Waals surface area contributed by atoms with Crippen LogP contribution in [-0.4, -0.2) is 44.7 Å². The van der Waals surface area contributed by atoms with Crippen LogP contribution in [0, 0.1) is 10.1 Å². The van der Waals surface area contributed by atoms with Gasteiger partial charge in [0.15, 0.2) is 18.1 Å². The van der Waals surface area contributed by atoms with Gasteiger partial charge in [0.1, 0.15) is 0 Å². The number of ether oxygens (including phenoxy) is 4. The molecule has 0 unspecified atom stereocenters. The summed E-state index contributed by atoms with van der Waals surface area (Å²) >= 11 is 0. The first-order valence-electron chi connectivity index (χ1n) is 8.86. The lowest BCUT2D eigenvalue weighted by molar-refractivity contribution is -0.384. The molecule has 1 amide bonds. The molecule has 0 atom stereocenters. The van der Waals surface area contributed by atoms with Gasteiger partial charge in [-0.1, -0.05) is 6.07 Å².